The van der Waals surface area contributed by atoms with Crippen LogP contribution in [0.2, 0.25) is 10.0 Å². The molecule has 1 atom stereocenters. The molecule has 130 valence electrons. The van der Waals surface area contributed by atoms with Gasteiger partial charge in [0.1, 0.15) is 0 Å². The SMILES string of the molecule is NC(Cc1ccc(Cl)cc1)C(=O)N1CC=C(c2cccc(Cl)c2)CC1. The third-order valence-electron chi connectivity index (χ3n) is 4.40. The van der Waals surface area contributed by atoms with Crippen LogP contribution < -0.4 is 5.73 Å². The molecule has 1 unspecified atom stereocenters. The van der Waals surface area contributed by atoms with Crippen LogP contribution in [-0.4, -0.2) is 29.9 Å². The summed E-state index contributed by atoms with van der Waals surface area (Å²) in [5, 5.41) is 1.40. The van der Waals surface area contributed by atoms with Gasteiger partial charge in [0, 0.05) is 23.1 Å². The van der Waals surface area contributed by atoms with Crippen molar-refractivity contribution in [2.75, 3.05) is 13.1 Å². The minimum Gasteiger partial charge on any atom is -0.337 e. The summed E-state index contributed by atoms with van der Waals surface area (Å²) in [7, 11) is 0. The first-order valence-corrected chi connectivity index (χ1v) is 9.02. The summed E-state index contributed by atoms with van der Waals surface area (Å²) < 4.78 is 0. The fraction of sp³-hybridized carbons (Fsp3) is 0.250. The van der Waals surface area contributed by atoms with Crippen molar-refractivity contribution < 1.29 is 4.79 Å². The van der Waals surface area contributed by atoms with Crippen molar-refractivity contribution in [2.45, 2.75) is 18.9 Å². The van der Waals surface area contributed by atoms with Crippen LogP contribution in [-0.2, 0) is 11.2 Å². The van der Waals surface area contributed by atoms with E-state index in [0.29, 0.717) is 24.5 Å². The van der Waals surface area contributed by atoms with E-state index in [9.17, 15) is 4.79 Å². The molecule has 0 aliphatic carbocycles. The molecule has 0 fully saturated rings. The van der Waals surface area contributed by atoms with E-state index in [1.54, 1.807) is 0 Å². The van der Waals surface area contributed by atoms with Gasteiger partial charge in [0.25, 0.3) is 0 Å². The average molecular weight is 375 g/mol. The highest BCUT2D eigenvalue weighted by molar-refractivity contribution is 6.31. The monoisotopic (exact) mass is 374 g/mol. The van der Waals surface area contributed by atoms with E-state index in [2.05, 4.69) is 6.08 Å². The molecular weight excluding hydrogens is 355 g/mol. The van der Waals surface area contributed by atoms with E-state index in [0.717, 1.165) is 22.6 Å². The first-order chi connectivity index (χ1) is 12.0. The van der Waals surface area contributed by atoms with Crippen molar-refractivity contribution in [3.63, 3.8) is 0 Å². The number of nitrogens with zero attached hydrogens (tertiary/aromatic N) is 1. The Morgan fingerprint density at radius 1 is 1.12 bits per heavy atom. The summed E-state index contributed by atoms with van der Waals surface area (Å²) in [6, 6.07) is 14.7. The third kappa shape index (κ3) is 4.63. The van der Waals surface area contributed by atoms with Gasteiger partial charge in [0.05, 0.1) is 6.04 Å². The van der Waals surface area contributed by atoms with E-state index in [4.69, 9.17) is 28.9 Å². The normalized spacial score (nSPS) is 15.6. The molecule has 3 nitrogen and oxygen atoms in total. The van der Waals surface area contributed by atoms with E-state index >= 15 is 0 Å². The fourth-order valence-electron chi connectivity index (χ4n) is 3.02. The number of hydrogen-bond donors (Lipinski definition) is 1. The van der Waals surface area contributed by atoms with Crippen molar-refractivity contribution in [1.82, 2.24) is 4.90 Å². The number of nitrogens with two attached hydrogens (primary N) is 1. The molecule has 2 N–H and O–H groups in total. The molecule has 0 bridgehead atoms. The van der Waals surface area contributed by atoms with Crippen LogP contribution in [0.4, 0.5) is 0 Å². The Morgan fingerprint density at radius 3 is 2.52 bits per heavy atom. The zero-order valence-corrected chi connectivity index (χ0v) is 15.3. The Labute approximate surface area is 158 Å². The van der Waals surface area contributed by atoms with Crippen LogP contribution in [0.5, 0.6) is 0 Å². The Kier molecular flexibility index (Phi) is 5.79. The van der Waals surface area contributed by atoms with Gasteiger partial charge in [-0.1, -0.05) is 53.5 Å². The second kappa shape index (κ2) is 8.05. The molecule has 5 heteroatoms. The fourth-order valence-corrected chi connectivity index (χ4v) is 3.33. The standard InChI is InChI=1S/C20H20Cl2N2O/c21-17-6-4-14(5-7-17)12-19(23)20(25)24-10-8-15(9-11-24)16-2-1-3-18(22)13-16/h1-8,13,19H,9-12,23H2. The van der Waals surface area contributed by atoms with Gasteiger partial charge in [0.15, 0.2) is 0 Å². The van der Waals surface area contributed by atoms with Crippen LogP contribution in [0.15, 0.2) is 54.6 Å². The number of halogens is 2. The van der Waals surface area contributed by atoms with Gasteiger partial charge in [-0.05, 0) is 53.8 Å². The molecular formula is C20H20Cl2N2O. The second-order valence-electron chi connectivity index (χ2n) is 6.21. The highest BCUT2D eigenvalue weighted by Gasteiger charge is 2.23. The largest absolute Gasteiger partial charge is 0.337 e. The highest BCUT2D eigenvalue weighted by Crippen LogP contribution is 2.25. The van der Waals surface area contributed by atoms with Crippen molar-refractivity contribution >= 4 is 34.7 Å². The van der Waals surface area contributed by atoms with Crippen molar-refractivity contribution in [1.29, 1.82) is 0 Å². The second-order valence-corrected chi connectivity index (χ2v) is 7.08. The topological polar surface area (TPSA) is 46.3 Å². The molecule has 0 spiro atoms. The highest BCUT2D eigenvalue weighted by atomic mass is 35.5. The van der Waals surface area contributed by atoms with Gasteiger partial charge in [0.2, 0.25) is 5.91 Å². The number of rotatable bonds is 4. The molecule has 1 aliphatic rings. The lowest BCUT2D eigenvalue weighted by molar-refractivity contribution is -0.132. The summed E-state index contributed by atoms with van der Waals surface area (Å²) >= 11 is 11.9. The average Bonchev–Trinajstić information content (AvgIpc) is 2.63. The van der Waals surface area contributed by atoms with Gasteiger partial charge in [-0.15, -0.1) is 0 Å². The molecule has 0 saturated carbocycles. The van der Waals surface area contributed by atoms with E-state index in [-0.39, 0.29) is 5.91 Å². The molecule has 0 radical (unpaired) electrons. The summed E-state index contributed by atoms with van der Waals surface area (Å²) in [5.41, 5.74) is 9.47. The zero-order valence-electron chi connectivity index (χ0n) is 13.8. The van der Waals surface area contributed by atoms with Crippen molar-refractivity contribution in [3.05, 3.63) is 75.8 Å². The van der Waals surface area contributed by atoms with Crippen LogP contribution in [0.3, 0.4) is 0 Å². The number of carbonyl (C=O) groups excluding carboxylic acids is 1. The Bertz CT molecular complexity index is 787. The third-order valence-corrected chi connectivity index (χ3v) is 4.89. The number of benzene rings is 2. The Hall–Kier alpha value is -1.81. The number of hydrogen-bond acceptors (Lipinski definition) is 2. The summed E-state index contributed by atoms with van der Waals surface area (Å²) in [5.74, 6) is -0.0173. The zero-order chi connectivity index (χ0) is 17.8. The van der Waals surface area contributed by atoms with E-state index < -0.39 is 6.04 Å². The lowest BCUT2D eigenvalue weighted by atomic mass is 9.98. The minimum absolute atomic E-state index is 0.0173. The summed E-state index contributed by atoms with van der Waals surface area (Å²) in [6.07, 6.45) is 3.40. The van der Waals surface area contributed by atoms with Gasteiger partial charge in [-0.2, -0.15) is 0 Å². The first-order valence-electron chi connectivity index (χ1n) is 8.27. The maximum Gasteiger partial charge on any atom is 0.240 e. The molecule has 1 amide bonds. The smallest absolute Gasteiger partial charge is 0.240 e. The number of carbonyl (C=O) groups is 1. The Balaban J connectivity index is 1.61. The van der Waals surface area contributed by atoms with Gasteiger partial charge < -0.3 is 10.6 Å². The van der Waals surface area contributed by atoms with E-state index in [1.165, 1.54) is 5.57 Å². The molecule has 2 aromatic carbocycles. The quantitative estimate of drug-likeness (QED) is 0.872. The molecule has 1 heterocycles. The van der Waals surface area contributed by atoms with Crippen molar-refractivity contribution in [3.8, 4) is 0 Å². The molecule has 3 rings (SSSR count). The maximum atomic E-state index is 12.6. The van der Waals surface area contributed by atoms with Crippen molar-refractivity contribution in [2.24, 2.45) is 5.73 Å². The predicted molar refractivity (Wildman–Crippen MR) is 104 cm³/mol. The van der Waals surface area contributed by atoms with Crippen LogP contribution in [0, 0.1) is 0 Å². The van der Waals surface area contributed by atoms with Gasteiger partial charge in [-0.3, -0.25) is 4.79 Å². The summed E-state index contributed by atoms with van der Waals surface area (Å²) in [4.78, 5) is 14.4. The lowest BCUT2D eigenvalue weighted by Gasteiger charge is -2.29. The molecule has 0 aromatic heterocycles. The molecule has 2 aromatic rings. The molecule has 1 aliphatic heterocycles. The van der Waals surface area contributed by atoms with Gasteiger partial charge in [-0.25, -0.2) is 0 Å². The first kappa shape index (κ1) is 18.0. The number of amides is 1. The van der Waals surface area contributed by atoms with Gasteiger partial charge >= 0.3 is 0 Å². The summed E-state index contributed by atoms with van der Waals surface area (Å²) in [6.45, 7) is 1.25. The van der Waals surface area contributed by atoms with E-state index in [1.807, 2.05) is 53.4 Å². The predicted octanol–water partition coefficient (Wildman–Crippen LogP) is 4.18. The lowest BCUT2D eigenvalue weighted by Crippen LogP contribution is -2.46. The Morgan fingerprint density at radius 2 is 1.88 bits per heavy atom. The molecule has 0 saturated heterocycles. The molecule has 25 heavy (non-hydrogen) atoms. The van der Waals surface area contributed by atoms with Crippen LogP contribution in [0.25, 0.3) is 5.57 Å². The van der Waals surface area contributed by atoms with Crippen LogP contribution in [0.1, 0.15) is 17.5 Å². The van der Waals surface area contributed by atoms with Crippen LogP contribution >= 0.6 is 23.2 Å². The minimum atomic E-state index is -0.540. The maximum absolute atomic E-state index is 12.6.